The molecule has 4 heteroatoms. The van der Waals surface area contributed by atoms with Crippen molar-refractivity contribution < 1.29 is 9.52 Å². The van der Waals surface area contributed by atoms with Gasteiger partial charge in [0.05, 0.1) is 0 Å². The highest BCUT2D eigenvalue weighted by Gasteiger charge is 2.11. The molecule has 0 radical (unpaired) electrons. The second kappa shape index (κ2) is 4.62. The summed E-state index contributed by atoms with van der Waals surface area (Å²) in [6, 6.07) is 9.05. The molecule has 1 atom stereocenters. The smallest absolute Gasteiger partial charge is 0.135 e. The van der Waals surface area contributed by atoms with Crippen molar-refractivity contribution >= 4 is 27.5 Å². The number of halogens is 2. The van der Waals surface area contributed by atoms with E-state index in [0.717, 1.165) is 10.0 Å². The molecular weight excluding hydrogens is 291 g/mol. The maximum absolute atomic E-state index is 9.38. The summed E-state index contributed by atoms with van der Waals surface area (Å²) in [4.78, 5) is 0. The molecule has 0 aliphatic rings. The lowest BCUT2D eigenvalue weighted by Crippen LogP contribution is -1.85. The molecule has 1 aromatic heterocycles. The summed E-state index contributed by atoms with van der Waals surface area (Å²) in [6.45, 7) is 1.66. The maximum atomic E-state index is 9.38. The van der Waals surface area contributed by atoms with Gasteiger partial charge in [-0.2, -0.15) is 0 Å². The van der Waals surface area contributed by atoms with E-state index in [-0.39, 0.29) is 0 Å². The van der Waals surface area contributed by atoms with Crippen LogP contribution in [0.15, 0.2) is 39.2 Å². The molecule has 1 N–H and O–H groups in total. The van der Waals surface area contributed by atoms with Gasteiger partial charge in [-0.05, 0) is 37.3 Å². The van der Waals surface area contributed by atoms with E-state index in [9.17, 15) is 5.11 Å². The number of rotatable bonds is 2. The third-order valence-corrected chi connectivity index (χ3v) is 3.16. The normalized spacial score (nSPS) is 12.8. The van der Waals surface area contributed by atoms with Gasteiger partial charge < -0.3 is 9.52 Å². The molecule has 0 aliphatic heterocycles. The quantitative estimate of drug-likeness (QED) is 0.891. The van der Waals surface area contributed by atoms with E-state index in [1.54, 1.807) is 19.1 Å². The van der Waals surface area contributed by atoms with Crippen LogP contribution < -0.4 is 0 Å². The molecule has 1 heterocycles. The molecule has 0 spiro atoms. The topological polar surface area (TPSA) is 33.4 Å². The van der Waals surface area contributed by atoms with E-state index in [2.05, 4.69) is 15.9 Å². The highest BCUT2D eigenvalue weighted by atomic mass is 79.9. The fourth-order valence-electron chi connectivity index (χ4n) is 1.41. The number of hydrogen-bond acceptors (Lipinski definition) is 2. The monoisotopic (exact) mass is 300 g/mol. The predicted octanol–water partition coefficient (Wildman–Crippen LogP) is 4.42. The van der Waals surface area contributed by atoms with Crippen LogP contribution in [0.3, 0.4) is 0 Å². The van der Waals surface area contributed by atoms with Crippen molar-refractivity contribution in [3.8, 4) is 11.3 Å². The SMILES string of the molecule is CC(O)c1ccc(-c2cc(Cl)ccc2Br)o1. The first-order valence-corrected chi connectivity index (χ1v) is 5.98. The van der Waals surface area contributed by atoms with Gasteiger partial charge in [0.25, 0.3) is 0 Å². The zero-order valence-corrected chi connectivity index (χ0v) is 10.9. The van der Waals surface area contributed by atoms with Crippen molar-refractivity contribution in [1.82, 2.24) is 0 Å². The fraction of sp³-hybridized carbons (Fsp3) is 0.167. The molecule has 0 amide bonds. The number of aliphatic hydroxyl groups excluding tert-OH is 1. The predicted molar refractivity (Wildman–Crippen MR) is 67.5 cm³/mol. The summed E-state index contributed by atoms with van der Waals surface area (Å²) in [5.41, 5.74) is 0.874. The highest BCUT2D eigenvalue weighted by molar-refractivity contribution is 9.10. The summed E-state index contributed by atoms with van der Waals surface area (Å²) in [6.07, 6.45) is -0.605. The van der Waals surface area contributed by atoms with Crippen LogP contribution in [0, 0.1) is 0 Å². The zero-order chi connectivity index (χ0) is 11.7. The molecule has 0 fully saturated rings. The van der Waals surface area contributed by atoms with E-state index >= 15 is 0 Å². The Morgan fingerprint density at radius 2 is 2.06 bits per heavy atom. The largest absolute Gasteiger partial charge is 0.458 e. The average molecular weight is 302 g/mol. The van der Waals surface area contributed by atoms with Gasteiger partial charge >= 0.3 is 0 Å². The Hall–Kier alpha value is -0.770. The van der Waals surface area contributed by atoms with E-state index < -0.39 is 6.10 Å². The minimum atomic E-state index is -0.605. The first kappa shape index (κ1) is 11.7. The highest BCUT2D eigenvalue weighted by Crippen LogP contribution is 2.33. The Morgan fingerprint density at radius 1 is 1.31 bits per heavy atom. The fourth-order valence-corrected chi connectivity index (χ4v) is 2.02. The van der Waals surface area contributed by atoms with E-state index in [4.69, 9.17) is 16.0 Å². The van der Waals surface area contributed by atoms with Crippen molar-refractivity contribution in [2.24, 2.45) is 0 Å². The molecule has 0 saturated heterocycles. The maximum Gasteiger partial charge on any atom is 0.135 e. The average Bonchev–Trinajstić information content (AvgIpc) is 2.70. The van der Waals surface area contributed by atoms with Gasteiger partial charge in [0.1, 0.15) is 17.6 Å². The Balaban J connectivity index is 2.46. The van der Waals surface area contributed by atoms with Crippen molar-refractivity contribution in [1.29, 1.82) is 0 Å². The van der Waals surface area contributed by atoms with Gasteiger partial charge in [-0.25, -0.2) is 0 Å². The number of aliphatic hydroxyl groups is 1. The molecule has 1 unspecified atom stereocenters. The lowest BCUT2D eigenvalue weighted by molar-refractivity contribution is 0.170. The van der Waals surface area contributed by atoms with Gasteiger partial charge in [-0.15, -0.1) is 0 Å². The van der Waals surface area contributed by atoms with E-state index in [1.807, 2.05) is 18.2 Å². The van der Waals surface area contributed by atoms with Crippen molar-refractivity contribution in [3.63, 3.8) is 0 Å². The first-order chi connectivity index (χ1) is 7.58. The third kappa shape index (κ3) is 2.32. The molecule has 1 aromatic carbocycles. The lowest BCUT2D eigenvalue weighted by Gasteiger charge is -2.02. The molecule has 0 bridgehead atoms. The summed E-state index contributed by atoms with van der Waals surface area (Å²) in [7, 11) is 0. The van der Waals surface area contributed by atoms with Crippen LogP contribution in [-0.4, -0.2) is 5.11 Å². The third-order valence-electron chi connectivity index (χ3n) is 2.23. The van der Waals surface area contributed by atoms with Crippen LogP contribution in [0.25, 0.3) is 11.3 Å². The minimum Gasteiger partial charge on any atom is -0.458 e. The van der Waals surface area contributed by atoms with E-state index in [0.29, 0.717) is 16.5 Å². The van der Waals surface area contributed by atoms with Gasteiger partial charge in [-0.1, -0.05) is 27.5 Å². The van der Waals surface area contributed by atoms with E-state index in [1.165, 1.54) is 0 Å². The summed E-state index contributed by atoms with van der Waals surface area (Å²) < 4.78 is 6.43. The molecule has 0 aliphatic carbocycles. The minimum absolute atomic E-state index is 0.543. The molecule has 2 aromatic rings. The molecule has 0 saturated carbocycles. The number of hydrogen-bond donors (Lipinski definition) is 1. The van der Waals surface area contributed by atoms with Crippen LogP contribution >= 0.6 is 27.5 Å². The Bertz CT molecular complexity index is 505. The van der Waals surface area contributed by atoms with Crippen LogP contribution in [0.2, 0.25) is 5.02 Å². The Kier molecular flexibility index (Phi) is 3.38. The molecule has 2 nitrogen and oxygen atoms in total. The molecule has 2 rings (SSSR count). The van der Waals surface area contributed by atoms with Gasteiger partial charge in [0, 0.05) is 15.1 Å². The second-order valence-corrected chi connectivity index (χ2v) is 4.79. The summed E-state index contributed by atoms with van der Waals surface area (Å²) >= 11 is 9.36. The zero-order valence-electron chi connectivity index (χ0n) is 8.58. The van der Waals surface area contributed by atoms with Crippen molar-refractivity contribution in [2.75, 3.05) is 0 Å². The Labute approximate surface area is 107 Å². The molecule has 16 heavy (non-hydrogen) atoms. The van der Waals surface area contributed by atoms with Crippen LogP contribution in [0.1, 0.15) is 18.8 Å². The summed E-state index contributed by atoms with van der Waals surface area (Å²) in [5, 5.41) is 10.0. The number of benzene rings is 1. The summed E-state index contributed by atoms with van der Waals surface area (Å²) in [5.74, 6) is 1.23. The van der Waals surface area contributed by atoms with Gasteiger partial charge in [0.15, 0.2) is 0 Å². The second-order valence-electron chi connectivity index (χ2n) is 3.50. The van der Waals surface area contributed by atoms with Crippen LogP contribution in [0.5, 0.6) is 0 Å². The molecule has 84 valence electrons. The number of furan rings is 1. The van der Waals surface area contributed by atoms with Gasteiger partial charge in [0.2, 0.25) is 0 Å². The van der Waals surface area contributed by atoms with Crippen LogP contribution in [-0.2, 0) is 0 Å². The molecular formula is C12H10BrClO2. The van der Waals surface area contributed by atoms with Gasteiger partial charge in [-0.3, -0.25) is 0 Å². The van der Waals surface area contributed by atoms with Crippen molar-refractivity contribution in [3.05, 3.63) is 45.6 Å². The lowest BCUT2D eigenvalue weighted by atomic mass is 10.2. The standard InChI is InChI=1S/C12H10BrClO2/c1-7(15)11-4-5-12(16-11)9-6-8(14)2-3-10(9)13/h2-7,15H,1H3. The Morgan fingerprint density at radius 3 is 2.69 bits per heavy atom. The van der Waals surface area contributed by atoms with Crippen molar-refractivity contribution in [2.45, 2.75) is 13.0 Å². The first-order valence-electron chi connectivity index (χ1n) is 4.81. The van der Waals surface area contributed by atoms with Crippen LogP contribution in [0.4, 0.5) is 0 Å².